The SMILES string of the molecule is CC1COC(C)(C2CCSCC2)N1. The van der Waals surface area contributed by atoms with Gasteiger partial charge in [0.2, 0.25) is 0 Å². The zero-order chi connectivity index (χ0) is 9.31. The Morgan fingerprint density at radius 3 is 2.62 bits per heavy atom. The van der Waals surface area contributed by atoms with Gasteiger partial charge in [-0.05, 0) is 38.2 Å². The molecule has 0 aromatic rings. The van der Waals surface area contributed by atoms with E-state index in [1.807, 2.05) is 0 Å². The van der Waals surface area contributed by atoms with E-state index in [0.29, 0.717) is 6.04 Å². The summed E-state index contributed by atoms with van der Waals surface area (Å²) in [6, 6.07) is 0.527. The monoisotopic (exact) mass is 201 g/mol. The van der Waals surface area contributed by atoms with Crippen LogP contribution in [0.2, 0.25) is 0 Å². The first kappa shape index (κ1) is 9.81. The third-order valence-corrected chi connectivity index (χ3v) is 4.22. The van der Waals surface area contributed by atoms with Crippen molar-refractivity contribution in [2.75, 3.05) is 18.1 Å². The Morgan fingerprint density at radius 1 is 1.38 bits per heavy atom. The van der Waals surface area contributed by atoms with Gasteiger partial charge in [-0.15, -0.1) is 0 Å². The molecule has 13 heavy (non-hydrogen) atoms. The lowest BCUT2D eigenvalue weighted by Crippen LogP contribution is -2.48. The van der Waals surface area contributed by atoms with Crippen LogP contribution < -0.4 is 5.32 Å². The van der Waals surface area contributed by atoms with E-state index in [2.05, 4.69) is 30.9 Å². The molecule has 2 saturated heterocycles. The van der Waals surface area contributed by atoms with Crippen LogP contribution in [0.3, 0.4) is 0 Å². The molecular weight excluding hydrogens is 182 g/mol. The highest BCUT2D eigenvalue weighted by molar-refractivity contribution is 7.99. The Bertz CT molecular complexity index is 182. The molecule has 1 N–H and O–H groups in total. The molecule has 0 bridgehead atoms. The van der Waals surface area contributed by atoms with Gasteiger partial charge in [0.1, 0.15) is 5.72 Å². The summed E-state index contributed by atoms with van der Waals surface area (Å²) in [4.78, 5) is 0. The number of hydrogen-bond acceptors (Lipinski definition) is 3. The van der Waals surface area contributed by atoms with E-state index in [4.69, 9.17) is 4.74 Å². The Morgan fingerprint density at radius 2 is 2.08 bits per heavy atom. The summed E-state index contributed by atoms with van der Waals surface area (Å²) in [6.07, 6.45) is 2.61. The zero-order valence-corrected chi connectivity index (χ0v) is 9.32. The van der Waals surface area contributed by atoms with E-state index in [-0.39, 0.29) is 5.72 Å². The molecule has 0 spiro atoms. The van der Waals surface area contributed by atoms with Crippen LogP contribution in [0, 0.1) is 5.92 Å². The lowest BCUT2D eigenvalue weighted by Gasteiger charge is -2.36. The molecule has 0 amide bonds. The van der Waals surface area contributed by atoms with Crippen LogP contribution in [0.5, 0.6) is 0 Å². The van der Waals surface area contributed by atoms with Gasteiger partial charge in [-0.3, -0.25) is 5.32 Å². The molecule has 76 valence electrons. The standard InChI is InChI=1S/C10H19NOS/c1-8-7-12-10(2,11-8)9-3-5-13-6-4-9/h8-9,11H,3-7H2,1-2H3. The first-order chi connectivity index (χ1) is 6.21. The van der Waals surface area contributed by atoms with Crippen molar-refractivity contribution in [2.45, 2.75) is 38.5 Å². The largest absolute Gasteiger partial charge is 0.359 e. The summed E-state index contributed by atoms with van der Waals surface area (Å²) >= 11 is 2.07. The van der Waals surface area contributed by atoms with E-state index < -0.39 is 0 Å². The fourth-order valence-electron chi connectivity index (χ4n) is 2.35. The summed E-state index contributed by atoms with van der Waals surface area (Å²) in [7, 11) is 0. The highest BCUT2D eigenvalue weighted by Crippen LogP contribution is 2.34. The minimum atomic E-state index is -0.0274. The zero-order valence-electron chi connectivity index (χ0n) is 8.51. The van der Waals surface area contributed by atoms with Crippen LogP contribution in [0.1, 0.15) is 26.7 Å². The van der Waals surface area contributed by atoms with Gasteiger partial charge in [0.05, 0.1) is 6.61 Å². The molecule has 2 atom stereocenters. The molecule has 2 unspecified atom stereocenters. The Balaban J connectivity index is 1.97. The number of hydrogen-bond donors (Lipinski definition) is 1. The maximum atomic E-state index is 5.87. The quantitative estimate of drug-likeness (QED) is 0.699. The fourth-order valence-corrected chi connectivity index (χ4v) is 3.46. The summed E-state index contributed by atoms with van der Waals surface area (Å²) in [5.74, 6) is 3.33. The predicted molar refractivity (Wildman–Crippen MR) is 57.0 cm³/mol. The molecular formula is C10H19NOS. The fraction of sp³-hybridized carbons (Fsp3) is 1.00. The van der Waals surface area contributed by atoms with Gasteiger partial charge in [-0.2, -0.15) is 11.8 Å². The molecule has 0 radical (unpaired) electrons. The van der Waals surface area contributed by atoms with Crippen LogP contribution in [0.4, 0.5) is 0 Å². The average Bonchev–Trinajstić information content (AvgIpc) is 2.49. The molecule has 2 aliphatic heterocycles. The summed E-state index contributed by atoms with van der Waals surface area (Å²) in [6.45, 7) is 5.29. The summed E-state index contributed by atoms with van der Waals surface area (Å²) in [5, 5.41) is 3.57. The van der Waals surface area contributed by atoms with Crippen LogP contribution in [0.25, 0.3) is 0 Å². The third-order valence-electron chi connectivity index (χ3n) is 3.17. The van der Waals surface area contributed by atoms with Crippen LogP contribution >= 0.6 is 11.8 Å². The van der Waals surface area contributed by atoms with E-state index in [0.717, 1.165) is 12.5 Å². The number of thioether (sulfide) groups is 1. The number of nitrogens with one attached hydrogen (secondary N) is 1. The molecule has 2 fully saturated rings. The van der Waals surface area contributed by atoms with Crippen LogP contribution in [-0.4, -0.2) is 29.9 Å². The van der Waals surface area contributed by atoms with Crippen molar-refractivity contribution < 1.29 is 4.74 Å². The van der Waals surface area contributed by atoms with Gasteiger partial charge in [0.25, 0.3) is 0 Å². The van der Waals surface area contributed by atoms with Gasteiger partial charge in [0, 0.05) is 12.0 Å². The first-order valence-corrected chi connectivity index (χ1v) is 6.35. The smallest absolute Gasteiger partial charge is 0.119 e. The molecule has 2 aliphatic rings. The average molecular weight is 201 g/mol. The van der Waals surface area contributed by atoms with Crippen molar-refractivity contribution in [3.05, 3.63) is 0 Å². The minimum Gasteiger partial charge on any atom is -0.359 e. The maximum absolute atomic E-state index is 5.87. The van der Waals surface area contributed by atoms with Crippen LogP contribution in [0.15, 0.2) is 0 Å². The lowest BCUT2D eigenvalue weighted by atomic mass is 9.91. The summed E-state index contributed by atoms with van der Waals surface area (Å²) < 4.78 is 5.87. The maximum Gasteiger partial charge on any atom is 0.119 e. The van der Waals surface area contributed by atoms with E-state index in [1.54, 1.807) is 0 Å². The van der Waals surface area contributed by atoms with Crippen molar-refractivity contribution in [3.63, 3.8) is 0 Å². The second-order valence-electron chi connectivity index (χ2n) is 4.35. The van der Waals surface area contributed by atoms with Crippen molar-refractivity contribution in [2.24, 2.45) is 5.92 Å². The normalized spacial score (nSPS) is 42.5. The highest BCUT2D eigenvalue weighted by atomic mass is 32.2. The van der Waals surface area contributed by atoms with Gasteiger partial charge in [-0.1, -0.05) is 0 Å². The first-order valence-electron chi connectivity index (χ1n) is 5.20. The number of rotatable bonds is 1. The second kappa shape index (κ2) is 3.79. The van der Waals surface area contributed by atoms with Gasteiger partial charge < -0.3 is 4.74 Å². The molecule has 2 nitrogen and oxygen atoms in total. The Labute approximate surface area is 84.8 Å². The van der Waals surface area contributed by atoms with Gasteiger partial charge in [-0.25, -0.2) is 0 Å². The third kappa shape index (κ3) is 2.03. The molecule has 2 rings (SSSR count). The van der Waals surface area contributed by atoms with Crippen molar-refractivity contribution in [1.29, 1.82) is 0 Å². The van der Waals surface area contributed by atoms with Crippen molar-refractivity contribution in [3.8, 4) is 0 Å². The molecule has 0 aromatic heterocycles. The van der Waals surface area contributed by atoms with Crippen molar-refractivity contribution in [1.82, 2.24) is 5.32 Å². The molecule has 2 heterocycles. The highest BCUT2D eigenvalue weighted by Gasteiger charge is 2.40. The van der Waals surface area contributed by atoms with Gasteiger partial charge >= 0.3 is 0 Å². The number of ether oxygens (including phenoxy) is 1. The van der Waals surface area contributed by atoms with Crippen molar-refractivity contribution >= 4 is 11.8 Å². The summed E-state index contributed by atoms with van der Waals surface area (Å²) in [5.41, 5.74) is -0.0274. The van der Waals surface area contributed by atoms with E-state index in [1.165, 1.54) is 24.3 Å². The van der Waals surface area contributed by atoms with Gasteiger partial charge in [0.15, 0.2) is 0 Å². The molecule has 0 aromatic carbocycles. The second-order valence-corrected chi connectivity index (χ2v) is 5.57. The van der Waals surface area contributed by atoms with E-state index in [9.17, 15) is 0 Å². The van der Waals surface area contributed by atoms with E-state index >= 15 is 0 Å². The molecule has 0 saturated carbocycles. The Kier molecular flexibility index (Phi) is 2.86. The predicted octanol–water partition coefficient (Wildman–Crippen LogP) is 1.85. The minimum absolute atomic E-state index is 0.0274. The lowest BCUT2D eigenvalue weighted by molar-refractivity contribution is -0.0456. The molecule has 3 heteroatoms. The van der Waals surface area contributed by atoms with Crippen LogP contribution in [-0.2, 0) is 4.74 Å². The molecule has 0 aliphatic carbocycles. The topological polar surface area (TPSA) is 21.3 Å². The Hall–Kier alpha value is 0.270.